The van der Waals surface area contributed by atoms with Crippen LogP contribution in [0.25, 0.3) is 0 Å². The van der Waals surface area contributed by atoms with Gasteiger partial charge in [-0.25, -0.2) is 4.39 Å². The fourth-order valence-electron chi connectivity index (χ4n) is 1.42. The summed E-state index contributed by atoms with van der Waals surface area (Å²) >= 11 is 3.85. The summed E-state index contributed by atoms with van der Waals surface area (Å²) in [6.07, 6.45) is 0. The molecule has 0 atom stereocenters. The molecule has 1 amide bonds. The second kappa shape index (κ2) is 7.45. The minimum absolute atomic E-state index is 0.0977. The van der Waals surface area contributed by atoms with Crippen LogP contribution in [0.3, 0.4) is 0 Å². The summed E-state index contributed by atoms with van der Waals surface area (Å²) in [5.41, 5.74) is 6.52. The van der Waals surface area contributed by atoms with Gasteiger partial charge in [-0.15, -0.1) is 11.8 Å². The number of carbonyl (C=O) groups excluding carboxylic acids is 1. The van der Waals surface area contributed by atoms with Crippen molar-refractivity contribution < 1.29 is 9.18 Å². The topological polar surface area (TPSA) is 79.8 Å². The average molecular weight is 339 g/mol. The molecule has 0 saturated heterocycles. The largest absolute Gasteiger partial charge is 0.369 e. The molecule has 0 fully saturated rings. The molecule has 0 spiro atoms. The van der Waals surface area contributed by atoms with Gasteiger partial charge in [-0.05, 0) is 29.2 Å². The van der Waals surface area contributed by atoms with Gasteiger partial charge in [-0.3, -0.25) is 4.79 Å². The summed E-state index contributed by atoms with van der Waals surface area (Å²) < 4.78 is 17.8. The van der Waals surface area contributed by atoms with E-state index >= 15 is 0 Å². The van der Waals surface area contributed by atoms with Crippen LogP contribution in [0.1, 0.15) is 11.1 Å². The molecule has 4 nitrogen and oxygen atoms in total. The van der Waals surface area contributed by atoms with Crippen LogP contribution in [0.5, 0.6) is 0 Å². The van der Waals surface area contributed by atoms with Crippen molar-refractivity contribution in [1.82, 2.24) is 4.37 Å². The summed E-state index contributed by atoms with van der Waals surface area (Å²) in [7, 11) is 0. The minimum atomic E-state index is -0.447. The zero-order valence-corrected chi connectivity index (χ0v) is 13.2. The molecular weight excluding hydrogens is 329 g/mol. The molecule has 0 radical (unpaired) electrons. The summed E-state index contributed by atoms with van der Waals surface area (Å²) in [4.78, 5) is 10.8. The number of nitrogens with zero attached hydrogens (tertiary/aromatic N) is 2. The van der Waals surface area contributed by atoms with E-state index in [0.29, 0.717) is 16.3 Å². The Hall–Kier alpha value is -1.56. The normalized spacial score (nSPS) is 10.3. The molecule has 0 aliphatic carbocycles. The van der Waals surface area contributed by atoms with E-state index in [1.54, 1.807) is 12.1 Å². The average Bonchev–Trinajstić information content (AvgIpc) is 2.86. The first kappa shape index (κ1) is 15.8. The Kier molecular flexibility index (Phi) is 5.61. The number of primary amides is 1. The maximum absolute atomic E-state index is 12.8. The number of hydrogen-bond acceptors (Lipinski definition) is 6. The number of aromatic nitrogens is 1. The highest BCUT2D eigenvalue weighted by molar-refractivity contribution is 8.01. The van der Waals surface area contributed by atoms with E-state index in [4.69, 9.17) is 5.73 Å². The van der Waals surface area contributed by atoms with E-state index in [1.165, 1.54) is 35.4 Å². The van der Waals surface area contributed by atoms with Crippen molar-refractivity contribution in [2.45, 2.75) is 15.0 Å². The van der Waals surface area contributed by atoms with E-state index in [2.05, 4.69) is 10.4 Å². The molecule has 108 valence electrons. The quantitative estimate of drug-likeness (QED) is 0.818. The third kappa shape index (κ3) is 4.46. The van der Waals surface area contributed by atoms with E-state index < -0.39 is 5.91 Å². The molecular formula is C13H10FN3OS3. The van der Waals surface area contributed by atoms with Crippen LogP contribution in [0, 0.1) is 17.1 Å². The van der Waals surface area contributed by atoms with Crippen molar-refractivity contribution in [3.63, 3.8) is 0 Å². The second-order valence-corrected chi connectivity index (χ2v) is 6.91. The van der Waals surface area contributed by atoms with Gasteiger partial charge in [-0.2, -0.15) is 9.64 Å². The molecule has 2 N–H and O–H groups in total. The summed E-state index contributed by atoms with van der Waals surface area (Å²) in [6.45, 7) is 0. The number of carbonyl (C=O) groups is 1. The first-order valence-electron chi connectivity index (χ1n) is 5.78. The molecule has 8 heteroatoms. The molecule has 2 rings (SSSR count). The van der Waals surface area contributed by atoms with Crippen LogP contribution in [0.4, 0.5) is 4.39 Å². The predicted octanol–water partition coefficient (Wildman–Crippen LogP) is 3.02. The maximum atomic E-state index is 12.8. The number of halogens is 1. The van der Waals surface area contributed by atoms with Gasteiger partial charge < -0.3 is 5.73 Å². The third-order valence-electron chi connectivity index (χ3n) is 2.38. The van der Waals surface area contributed by atoms with E-state index in [9.17, 15) is 14.4 Å². The number of rotatable bonds is 6. The lowest BCUT2D eigenvalue weighted by Crippen LogP contribution is -2.13. The molecule has 0 aliphatic heterocycles. The molecule has 1 aromatic heterocycles. The van der Waals surface area contributed by atoms with E-state index in [1.807, 2.05) is 0 Å². The van der Waals surface area contributed by atoms with Crippen molar-refractivity contribution >= 4 is 41.0 Å². The number of hydrogen-bond donors (Lipinski definition) is 1. The van der Waals surface area contributed by atoms with Gasteiger partial charge >= 0.3 is 0 Å². The number of benzene rings is 1. The Bertz CT molecular complexity index is 679. The SMILES string of the molecule is N#Cc1c(SCC(N)=O)nsc1SCc1ccc(F)cc1. The predicted molar refractivity (Wildman–Crippen MR) is 82.7 cm³/mol. The molecule has 0 aliphatic rings. The summed E-state index contributed by atoms with van der Waals surface area (Å²) in [6, 6.07) is 8.33. The van der Waals surface area contributed by atoms with E-state index in [0.717, 1.165) is 21.5 Å². The van der Waals surface area contributed by atoms with Gasteiger partial charge in [0.2, 0.25) is 5.91 Å². The zero-order valence-electron chi connectivity index (χ0n) is 10.7. The molecule has 2 aromatic rings. The van der Waals surface area contributed by atoms with Crippen molar-refractivity contribution in [3.05, 3.63) is 41.2 Å². The van der Waals surface area contributed by atoms with Gasteiger partial charge in [0, 0.05) is 5.75 Å². The third-order valence-corrected chi connectivity index (χ3v) is 5.65. The van der Waals surface area contributed by atoms with Crippen LogP contribution < -0.4 is 5.73 Å². The number of thioether (sulfide) groups is 2. The highest BCUT2D eigenvalue weighted by atomic mass is 32.2. The summed E-state index contributed by atoms with van der Waals surface area (Å²) in [5.74, 6) is -0.000755. The van der Waals surface area contributed by atoms with E-state index in [-0.39, 0.29) is 11.6 Å². The fourth-order valence-corrected chi connectivity index (χ4v) is 4.21. The maximum Gasteiger partial charge on any atom is 0.227 e. The lowest BCUT2D eigenvalue weighted by atomic mass is 10.2. The highest BCUT2D eigenvalue weighted by Crippen LogP contribution is 2.35. The first-order valence-corrected chi connectivity index (χ1v) is 8.52. The Morgan fingerprint density at radius 1 is 1.38 bits per heavy atom. The lowest BCUT2D eigenvalue weighted by molar-refractivity contribution is -0.115. The van der Waals surface area contributed by atoms with Crippen molar-refractivity contribution in [1.29, 1.82) is 5.26 Å². The molecule has 1 heterocycles. The van der Waals surface area contributed by atoms with Crippen molar-refractivity contribution in [3.8, 4) is 6.07 Å². The monoisotopic (exact) mass is 339 g/mol. The highest BCUT2D eigenvalue weighted by Gasteiger charge is 2.15. The van der Waals surface area contributed by atoms with Gasteiger partial charge in [0.1, 0.15) is 22.5 Å². The number of nitrogens with two attached hydrogens (primary N) is 1. The van der Waals surface area contributed by atoms with Crippen LogP contribution >= 0.6 is 35.1 Å². The molecule has 21 heavy (non-hydrogen) atoms. The molecule has 0 bridgehead atoms. The van der Waals surface area contributed by atoms with Gasteiger partial charge in [-0.1, -0.05) is 23.9 Å². The zero-order chi connectivity index (χ0) is 15.2. The Balaban J connectivity index is 2.05. The van der Waals surface area contributed by atoms with Crippen molar-refractivity contribution in [2.75, 3.05) is 5.75 Å². The standard InChI is InChI=1S/C13H10FN3OS3/c14-9-3-1-8(2-4-9)6-20-13-10(5-15)12(17-21-13)19-7-11(16)18/h1-4H,6-7H2,(H2,16,18). The van der Waals surface area contributed by atoms with Crippen LogP contribution in [-0.4, -0.2) is 16.0 Å². The minimum Gasteiger partial charge on any atom is -0.369 e. The Labute approximate surface area is 133 Å². The second-order valence-electron chi connectivity index (χ2n) is 3.93. The first-order chi connectivity index (χ1) is 10.1. The van der Waals surface area contributed by atoms with Gasteiger partial charge in [0.15, 0.2) is 0 Å². The van der Waals surface area contributed by atoms with Gasteiger partial charge in [0.25, 0.3) is 0 Å². The smallest absolute Gasteiger partial charge is 0.227 e. The summed E-state index contributed by atoms with van der Waals surface area (Å²) in [5, 5.41) is 9.74. The Morgan fingerprint density at radius 3 is 2.71 bits per heavy atom. The van der Waals surface area contributed by atoms with Crippen LogP contribution in [0.15, 0.2) is 33.5 Å². The number of amides is 1. The molecule has 0 saturated carbocycles. The fraction of sp³-hybridized carbons (Fsp3) is 0.154. The molecule has 0 unspecified atom stereocenters. The van der Waals surface area contributed by atoms with Gasteiger partial charge in [0.05, 0.1) is 9.96 Å². The Morgan fingerprint density at radius 2 is 2.10 bits per heavy atom. The van der Waals surface area contributed by atoms with Crippen LogP contribution in [0.2, 0.25) is 0 Å². The molecule has 1 aromatic carbocycles. The van der Waals surface area contributed by atoms with Crippen molar-refractivity contribution in [2.24, 2.45) is 5.73 Å². The lowest BCUT2D eigenvalue weighted by Gasteiger charge is -2.00. The van der Waals surface area contributed by atoms with Crippen LogP contribution in [-0.2, 0) is 10.5 Å². The number of nitriles is 1.